The van der Waals surface area contributed by atoms with Crippen LogP contribution in [0.15, 0.2) is 140 Å². The molecule has 0 spiro atoms. The van der Waals surface area contributed by atoms with Gasteiger partial charge in [0.05, 0.1) is 5.56 Å². The standard InChI is InChI=1S/C41H23N3O/c1-2-8-28(9-3-1)39-42-40(30-20-21-32-29(23-30)18-13-24-7-4-5-11-31(24)32)44-41(43-39)33-22-19-27-17-16-26-15-14-25-10-6-12-34-35(25)36(26)37(27)38(33)45-34/h1-23H. The quantitative estimate of drug-likeness (QED) is 0.197. The van der Waals surface area contributed by atoms with E-state index in [1.54, 1.807) is 0 Å². The van der Waals surface area contributed by atoms with Gasteiger partial charge in [-0.2, -0.15) is 0 Å². The van der Waals surface area contributed by atoms with Crippen molar-refractivity contribution in [2.24, 2.45) is 0 Å². The number of benzene rings is 8. The molecule has 1 aliphatic rings. The van der Waals surface area contributed by atoms with Crippen molar-refractivity contribution in [1.82, 2.24) is 15.0 Å². The molecule has 1 aromatic heterocycles. The summed E-state index contributed by atoms with van der Waals surface area (Å²) in [5.74, 6) is 3.46. The fourth-order valence-corrected chi connectivity index (χ4v) is 6.92. The van der Waals surface area contributed by atoms with Gasteiger partial charge in [0.2, 0.25) is 0 Å². The maximum absolute atomic E-state index is 6.76. The van der Waals surface area contributed by atoms with E-state index in [0.717, 1.165) is 49.7 Å². The van der Waals surface area contributed by atoms with E-state index in [9.17, 15) is 0 Å². The highest BCUT2D eigenvalue weighted by Crippen LogP contribution is 2.50. The minimum absolute atomic E-state index is 0.581. The highest BCUT2D eigenvalue weighted by molar-refractivity contribution is 6.26. The Morgan fingerprint density at radius 1 is 0.378 bits per heavy atom. The third-order valence-corrected chi connectivity index (χ3v) is 9.05. The second-order valence-corrected chi connectivity index (χ2v) is 11.6. The van der Waals surface area contributed by atoms with Gasteiger partial charge in [-0.15, -0.1) is 0 Å². The number of nitrogens with zero attached hydrogens (tertiary/aromatic N) is 3. The second kappa shape index (κ2) is 9.18. The monoisotopic (exact) mass is 573 g/mol. The molecule has 0 bridgehead atoms. The van der Waals surface area contributed by atoms with Gasteiger partial charge in [-0.3, -0.25) is 0 Å². The first-order chi connectivity index (χ1) is 22.3. The summed E-state index contributed by atoms with van der Waals surface area (Å²) in [7, 11) is 0. The van der Waals surface area contributed by atoms with Gasteiger partial charge >= 0.3 is 0 Å². The molecular weight excluding hydrogens is 550 g/mol. The molecule has 45 heavy (non-hydrogen) atoms. The summed E-state index contributed by atoms with van der Waals surface area (Å²) in [5.41, 5.74) is 2.71. The number of hydrogen-bond donors (Lipinski definition) is 0. The zero-order valence-corrected chi connectivity index (χ0v) is 24.0. The van der Waals surface area contributed by atoms with E-state index < -0.39 is 0 Å². The van der Waals surface area contributed by atoms with E-state index in [1.807, 2.05) is 36.4 Å². The molecule has 0 unspecified atom stereocenters. The third kappa shape index (κ3) is 3.63. The Morgan fingerprint density at radius 2 is 1.00 bits per heavy atom. The summed E-state index contributed by atoms with van der Waals surface area (Å²) in [5, 5.41) is 11.7. The van der Waals surface area contributed by atoms with Gasteiger partial charge in [0.25, 0.3) is 0 Å². The first kappa shape index (κ1) is 24.3. The summed E-state index contributed by atoms with van der Waals surface area (Å²) in [4.78, 5) is 15.2. The minimum atomic E-state index is 0.581. The van der Waals surface area contributed by atoms with Gasteiger partial charge < -0.3 is 4.74 Å². The van der Waals surface area contributed by atoms with Crippen LogP contribution in [0.2, 0.25) is 0 Å². The molecule has 0 fully saturated rings. The highest BCUT2D eigenvalue weighted by atomic mass is 16.5. The van der Waals surface area contributed by atoms with Gasteiger partial charge in [-0.1, -0.05) is 121 Å². The average molecular weight is 574 g/mol. The van der Waals surface area contributed by atoms with Crippen LogP contribution in [0, 0.1) is 0 Å². The van der Waals surface area contributed by atoms with Gasteiger partial charge in [0, 0.05) is 27.3 Å². The van der Waals surface area contributed by atoms with Crippen molar-refractivity contribution in [1.29, 1.82) is 0 Å². The Labute approximate surface area is 258 Å². The highest BCUT2D eigenvalue weighted by Gasteiger charge is 2.24. The third-order valence-electron chi connectivity index (χ3n) is 9.05. The summed E-state index contributed by atoms with van der Waals surface area (Å²) in [6.45, 7) is 0. The van der Waals surface area contributed by atoms with Crippen LogP contribution < -0.4 is 4.74 Å². The lowest BCUT2D eigenvalue weighted by molar-refractivity contribution is 0.494. The zero-order valence-electron chi connectivity index (χ0n) is 24.0. The molecule has 0 aliphatic carbocycles. The van der Waals surface area contributed by atoms with E-state index in [-0.39, 0.29) is 0 Å². The largest absolute Gasteiger partial charge is 0.455 e. The molecule has 0 saturated carbocycles. The first-order valence-electron chi connectivity index (χ1n) is 15.1. The molecular formula is C41H23N3O. The van der Waals surface area contributed by atoms with Gasteiger partial charge in [-0.05, 0) is 55.9 Å². The molecule has 1 aliphatic heterocycles. The molecule has 8 aromatic carbocycles. The molecule has 0 radical (unpaired) electrons. The Balaban J connectivity index is 1.24. The van der Waals surface area contributed by atoms with Crippen molar-refractivity contribution in [2.75, 3.05) is 0 Å². The number of rotatable bonds is 3. The molecule has 0 saturated heterocycles. The maximum Gasteiger partial charge on any atom is 0.167 e. The summed E-state index contributed by atoms with van der Waals surface area (Å²) >= 11 is 0. The van der Waals surface area contributed by atoms with Crippen molar-refractivity contribution in [2.45, 2.75) is 0 Å². The average Bonchev–Trinajstić information content (AvgIpc) is 3.11. The van der Waals surface area contributed by atoms with Gasteiger partial charge in [0.1, 0.15) is 11.5 Å². The van der Waals surface area contributed by atoms with Crippen molar-refractivity contribution in [3.63, 3.8) is 0 Å². The Bertz CT molecular complexity index is 2680. The Hall–Kier alpha value is -6.13. The Kier molecular flexibility index (Phi) is 4.96. The van der Waals surface area contributed by atoms with Crippen LogP contribution >= 0.6 is 0 Å². The fraction of sp³-hybridized carbons (Fsp3) is 0. The van der Waals surface area contributed by atoms with Crippen LogP contribution in [0.3, 0.4) is 0 Å². The number of aromatic nitrogens is 3. The van der Waals surface area contributed by atoms with E-state index >= 15 is 0 Å². The summed E-state index contributed by atoms with van der Waals surface area (Å²) in [6.07, 6.45) is 0. The van der Waals surface area contributed by atoms with Crippen LogP contribution in [0.4, 0.5) is 0 Å². The minimum Gasteiger partial charge on any atom is -0.455 e. The molecule has 0 N–H and O–H groups in total. The van der Waals surface area contributed by atoms with Crippen LogP contribution in [0.1, 0.15) is 0 Å². The smallest absolute Gasteiger partial charge is 0.167 e. The Morgan fingerprint density at radius 3 is 1.87 bits per heavy atom. The molecule has 2 heterocycles. The zero-order chi connectivity index (χ0) is 29.5. The van der Waals surface area contributed by atoms with Crippen molar-refractivity contribution >= 4 is 53.9 Å². The summed E-state index contributed by atoms with van der Waals surface area (Å²) in [6, 6.07) is 48.6. The predicted molar refractivity (Wildman–Crippen MR) is 184 cm³/mol. The number of fused-ring (bicyclic) bond motifs is 3. The van der Waals surface area contributed by atoms with Crippen molar-refractivity contribution in [3.05, 3.63) is 140 Å². The molecule has 4 heteroatoms. The van der Waals surface area contributed by atoms with E-state index in [0.29, 0.717) is 17.5 Å². The molecule has 208 valence electrons. The van der Waals surface area contributed by atoms with Gasteiger partial charge in [0.15, 0.2) is 17.5 Å². The molecule has 0 amide bonds. The van der Waals surface area contributed by atoms with E-state index in [1.165, 1.54) is 32.3 Å². The fourth-order valence-electron chi connectivity index (χ4n) is 6.92. The van der Waals surface area contributed by atoms with Crippen LogP contribution in [0.25, 0.3) is 88.0 Å². The summed E-state index contributed by atoms with van der Waals surface area (Å²) < 4.78 is 6.76. The molecule has 10 rings (SSSR count). The number of hydrogen-bond acceptors (Lipinski definition) is 4. The second-order valence-electron chi connectivity index (χ2n) is 11.6. The van der Waals surface area contributed by atoms with Crippen LogP contribution in [0.5, 0.6) is 11.5 Å². The normalized spacial score (nSPS) is 12.2. The predicted octanol–water partition coefficient (Wildman–Crippen LogP) is 10.7. The van der Waals surface area contributed by atoms with E-state index in [4.69, 9.17) is 19.7 Å². The first-order valence-corrected chi connectivity index (χ1v) is 15.1. The lowest BCUT2D eigenvalue weighted by Gasteiger charge is -2.22. The molecule has 9 aromatic rings. The maximum atomic E-state index is 6.76. The van der Waals surface area contributed by atoms with Crippen LogP contribution in [-0.4, -0.2) is 15.0 Å². The van der Waals surface area contributed by atoms with E-state index in [2.05, 4.69) is 103 Å². The lowest BCUT2D eigenvalue weighted by Crippen LogP contribution is -2.03. The van der Waals surface area contributed by atoms with Gasteiger partial charge in [-0.25, -0.2) is 15.0 Å². The van der Waals surface area contributed by atoms with Crippen molar-refractivity contribution in [3.8, 4) is 45.7 Å². The topological polar surface area (TPSA) is 47.9 Å². The van der Waals surface area contributed by atoms with Crippen LogP contribution in [-0.2, 0) is 0 Å². The molecule has 0 atom stereocenters. The number of ether oxygens (including phenoxy) is 1. The lowest BCUT2D eigenvalue weighted by atomic mass is 9.92. The molecule has 4 nitrogen and oxygen atoms in total. The SMILES string of the molecule is c1ccc(-c2nc(-c3ccc4c(ccc5ccccc54)c3)nc(-c3ccc4ccc5ccc6cccc7c6c5c4c3O7)n2)cc1. The van der Waals surface area contributed by atoms with Crippen molar-refractivity contribution < 1.29 is 4.74 Å².